The first-order chi connectivity index (χ1) is 13.7. The van der Waals surface area contributed by atoms with E-state index in [2.05, 4.69) is 12.2 Å². The van der Waals surface area contributed by atoms with E-state index in [0.29, 0.717) is 23.8 Å². The Bertz CT molecular complexity index is 786. The molecule has 0 saturated carbocycles. The van der Waals surface area contributed by atoms with Gasteiger partial charge < -0.3 is 19.5 Å². The van der Waals surface area contributed by atoms with Gasteiger partial charge in [-0.05, 0) is 42.3 Å². The molecule has 0 bridgehead atoms. The van der Waals surface area contributed by atoms with Crippen molar-refractivity contribution in [1.82, 2.24) is 0 Å². The van der Waals surface area contributed by atoms with Crippen LogP contribution in [0.1, 0.15) is 38.2 Å². The van der Waals surface area contributed by atoms with Crippen LogP contribution in [0.25, 0.3) is 6.08 Å². The Labute approximate surface area is 167 Å². The van der Waals surface area contributed by atoms with Crippen molar-refractivity contribution >= 4 is 17.7 Å². The second-order valence-electron chi connectivity index (χ2n) is 6.37. The molecule has 0 heterocycles. The number of hydrogen-bond donors (Lipinski definition) is 1. The standard InChI is InChI=1S/C23H29NO4/c1-4-5-6-7-15-28-21-13-11-18(16-22(21)27-3)12-14-23(25)24-19-9-8-10-20(17-19)26-2/h8-14,16-17H,4-7,15H2,1-3H3,(H,24,25). The van der Waals surface area contributed by atoms with Gasteiger partial charge in [0.25, 0.3) is 0 Å². The van der Waals surface area contributed by atoms with Crippen LogP contribution in [0.15, 0.2) is 48.5 Å². The van der Waals surface area contributed by atoms with Crippen molar-refractivity contribution in [3.05, 3.63) is 54.1 Å². The summed E-state index contributed by atoms with van der Waals surface area (Å²) in [5, 5.41) is 2.81. The molecule has 0 radical (unpaired) electrons. The quantitative estimate of drug-likeness (QED) is 0.422. The van der Waals surface area contributed by atoms with E-state index in [0.717, 1.165) is 17.7 Å². The molecule has 0 spiro atoms. The van der Waals surface area contributed by atoms with Crippen LogP contribution in [0, 0.1) is 0 Å². The van der Waals surface area contributed by atoms with E-state index in [9.17, 15) is 4.79 Å². The van der Waals surface area contributed by atoms with Gasteiger partial charge in [0.1, 0.15) is 5.75 Å². The fraction of sp³-hybridized carbons (Fsp3) is 0.348. The average Bonchev–Trinajstić information content (AvgIpc) is 2.72. The summed E-state index contributed by atoms with van der Waals surface area (Å²) < 4.78 is 16.4. The summed E-state index contributed by atoms with van der Waals surface area (Å²) in [7, 11) is 3.20. The van der Waals surface area contributed by atoms with Crippen LogP contribution in [0.2, 0.25) is 0 Å². The lowest BCUT2D eigenvalue weighted by atomic mass is 10.2. The predicted octanol–water partition coefficient (Wildman–Crippen LogP) is 5.31. The molecule has 2 aromatic rings. The molecule has 0 aliphatic carbocycles. The van der Waals surface area contributed by atoms with Gasteiger partial charge in [-0.15, -0.1) is 0 Å². The summed E-state index contributed by atoms with van der Waals surface area (Å²) in [5.41, 5.74) is 1.54. The maximum absolute atomic E-state index is 12.1. The number of rotatable bonds is 11. The molecule has 5 heteroatoms. The number of carbonyl (C=O) groups excluding carboxylic acids is 1. The highest BCUT2D eigenvalue weighted by Gasteiger charge is 2.05. The van der Waals surface area contributed by atoms with Crippen LogP contribution in [0.4, 0.5) is 5.69 Å². The lowest BCUT2D eigenvalue weighted by molar-refractivity contribution is -0.111. The Morgan fingerprint density at radius 3 is 2.61 bits per heavy atom. The molecule has 0 unspecified atom stereocenters. The van der Waals surface area contributed by atoms with Gasteiger partial charge in [-0.3, -0.25) is 4.79 Å². The molecule has 150 valence electrons. The van der Waals surface area contributed by atoms with Crippen LogP contribution in [0.5, 0.6) is 17.2 Å². The third-order valence-electron chi connectivity index (χ3n) is 4.21. The molecule has 1 N–H and O–H groups in total. The zero-order chi connectivity index (χ0) is 20.2. The predicted molar refractivity (Wildman–Crippen MR) is 113 cm³/mol. The van der Waals surface area contributed by atoms with Gasteiger partial charge in [-0.1, -0.05) is 38.3 Å². The zero-order valence-electron chi connectivity index (χ0n) is 16.9. The van der Waals surface area contributed by atoms with Crippen molar-refractivity contribution < 1.29 is 19.0 Å². The lowest BCUT2D eigenvalue weighted by Gasteiger charge is -2.11. The smallest absolute Gasteiger partial charge is 0.248 e. The fourth-order valence-corrected chi connectivity index (χ4v) is 2.67. The largest absolute Gasteiger partial charge is 0.497 e. The number of methoxy groups -OCH3 is 2. The van der Waals surface area contributed by atoms with Crippen molar-refractivity contribution in [3.63, 3.8) is 0 Å². The van der Waals surface area contributed by atoms with Crippen LogP contribution in [-0.4, -0.2) is 26.7 Å². The van der Waals surface area contributed by atoms with Gasteiger partial charge in [-0.2, -0.15) is 0 Å². The molecule has 28 heavy (non-hydrogen) atoms. The average molecular weight is 383 g/mol. The summed E-state index contributed by atoms with van der Waals surface area (Å²) in [6.07, 6.45) is 7.85. The monoisotopic (exact) mass is 383 g/mol. The molecule has 5 nitrogen and oxygen atoms in total. The molecular weight excluding hydrogens is 354 g/mol. The maximum Gasteiger partial charge on any atom is 0.248 e. The molecule has 0 aliphatic heterocycles. The Balaban J connectivity index is 1.94. The Kier molecular flexibility index (Phi) is 8.92. The SMILES string of the molecule is CCCCCCOc1ccc(C=CC(=O)Nc2cccc(OC)c2)cc1OC. The normalized spacial score (nSPS) is 10.7. The summed E-state index contributed by atoms with van der Waals surface area (Å²) in [5.74, 6) is 1.85. The maximum atomic E-state index is 12.1. The number of carbonyl (C=O) groups is 1. The highest BCUT2D eigenvalue weighted by molar-refractivity contribution is 6.02. The van der Waals surface area contributed by atoms with Crippen molar-refractivity contribution in [3.8, 4) is 17.2 Å². The second-order valence-corrected chi connectivity index (χ2v) is 6.37. The van der Waals surface area contributed by atoms with E-state index < -0.39 is 0 Å². The molecular formula is C23H29NO4. The highest BCUT2D eigenvalue weighted by atomic mass is 16.5. The number of benzene rings is 2. The van der Waals surface area contributed by atoms with Crippen molar-refractivity contribution in [2.75, 3.05) is 26.1 Å². The summed E-state index contributed by atoms with van der Waals surface area (Å²) in [6.45, 7) is 2.86. The third kappa shape index (κ3) is 6.99. The molecule has 0 aliphatic rings. The number of unbranched alkanes of at least 4 members (excludes halogenated alkanes) is 3. The molecule has 1 amide bonds. The minimum Gasteiger partial charge on any atom is -0.497 e. The topological polar surface area (TPSA) is 56.8 Å². The van der Waals surface area contributed by atoms with Crippen LogP contribution >= 0.6 is 0 Å². The Hall–Kier alpha value is -2.95. The highest BCUT2D eigenvalue weighted by Crippen LogP contribution is 2.29. The van der Waals surface area contributed by atoms with Crippen LogP contribution in [-0.2, 0) is 4.79 Å². The van der Waals surface area contributed by atoms with Crippen LogP contribution < -0.4 is 19.5 Å². The van der Waals surface area contributed by atoms with Gasteiger partial charge in [0, 0.05) is 17.8 Å². The minimum absolute atomic E-state index is 0.219. The van der Waals surface area contributed by atoms with Crippen molar-refractivity contribution in [2.45, 2.75) is 32.6 Å². The van der Waals surface area contributed by atoms with Gasteiger partial charge >= 0.3 is 0 Å². The van der Waals surface area contributed by atoms with E-state index in [4.69, 9.17) is 14.2 Å². The number of anilines is 1. The number of hydrogen-bond acceptors (Lipinski definition) is 4. The Morgan fingerprint density at radius 2 is 1.86 bits per heavy atom. The Morgan fingerprint density at radius 1 is 1.00 bits per heavy atom. The molecule has 0 atom stereocenters. The summed E-state index contributed by atoms with van der Waals surface area (Å²) in [4.78, 5) is 12.1. The summed E-state index contributed by atoms with van der Waals surface area (Å²) in [6, 6.07) is 12.9. The first-order valence-electron chi connectivity index (χ1n) is 9.60. The molecule has 0 saturated heterocycles. The van der Waals surface area contributed by atoms with Gasteiger partial charge in [0.05, 0.1) is 20.8 Å². The summed E-state index contributed by atoms with van der Waals surface area (Å²) >= 11 is 0. The first kappa shape index (κ1) is 21.4. The third-order valence-corrected chi connectivity index (χ3v) is 4.21. The van der Waals surface area contributed by atoms with Gasteiger partial charge in [0.2, 0.25) is 5.91 Å². The van der Waals surface area contributed by atoms with E-state index in [1.165, 1.54) is 25.3 Å². The van der Waals surface area contributed by atoms with E-state index >= 15 is 0 Å². The number of nitrogens with one attached hydrogen (secondary N) is 1. The van der Waals surface area contributed by atoms with Crippen molar-refractivity contribution in [2.24, 2.45) is 0 Å². The lowest BCUT2D eigenvalue weighted by Crippen LogP contribution is -2.07. The molecule has 0 fully saturated rings. The molecule has 0 aromatic heterocycles. The van der Waals surface area contributed by atoms with E-state index in [-0.39, 0.29) is 5.91 Å². The number of ether oxygens (including phenoxy) is 3. The van der Waals surface area contributed by atoms with Gasteiger partial charge in [-0.25, -0.2) is 0 Å². The first-order valence-corrected chi connectivity index (χ1v) is 9.60. The molecule has 2 aromatic carbocycles. The minimum atomic E-state index is -0.219. The van der Waals surface area contributed by atoms with Gasteiger partial charge in [0.15, 0.2) is 11.5 Å². The van der Waals surface area contributed by atoms with E-state index in [1.807, 2.05) is 36.4 Å². The van der Waals surface area contributed by atoms with Crippen molar-refractivity contribution in [1.29, 1.82) is 0 Å². The fourth-order valence-electron chi connectivity index (χ4n) is 2.67. The van der Waals surface area contributed by atoms with E-state index in [1.54, 1.807) is 26.4 Å². The van der Waals surface area contributed by atoms with Crippen LogP contribution in [0.3, 0.4) is 0 Å². The molecule has 2 rings (SSSR count). The number of amides is 1. The zero-order valence-corrected chi connectivity index (χ0v) is 16.9. The second kappa shape index (κ2) is 11.7.